The van der Waals surface area contributed by atoms with Gasteiger partial charge in [-0.05, 0) is 32.8 Å². The lowest BCUT2D eigenvalue weighted by Crippen LogP contribution is -2.46. The number of rotatable bonds is 4. The summed E-state index contributed by atoms with van der Waals surface area (Å²) in [5.41, 5.74) is 5.98. The molecule has 1 unspecified atom stereocenters. The van der Waals surface area contributed by atoms with E-state index in [0.717, 1.165) is 24.2 Å². The summed E-state index contributed by atoms with van der Waals surface area (Å²) in [7, 11) is 1.65. The van der Waals surface area contributed by atoms with Crippen molar-refractivity contribution < 1.29 is 14.3 Å². The Morgan fingerprint density at radius 2 is 2.10 bits per heavy atom. The first-order valence-corrected chi connectivity index (χ1v) is 6.94. The maximum absolute atomic E-state index is 11.6. The van der Waals surface area contributed by atoms with Gasteiger partial charge in [-0.1, -0.05) is 18.2 Å². The van der Waals surface area contributed by atoms with E-state index in [2.05, 4.69) is 13.8 Å². The molecule has 0 bridgehead atoms. The molecule has 1 amide bonds. The van der Waals surface area contributed by atoms with Crippen LogP contribution in [0.5, 0.6) is 5.75 Å². The fourth-order valence-electron chi connectivity index (χ4n) is 3.37. The zero-order chi connectivity index (χ0) is 14.8. The van der Waals surface area contributed by atoms with E-state index in [1.165, 1.54) is 0 Å². The summed E-state index contributed by atoms with van der Waals surface area (Å²) < 4.78 is 11.3. The highest BCUT2D eigenvalue weighted by Crippen LogP contribution is 2.46. The molecular formula is C16H23NO3. The van der Waals surface area contributed by atoms with Gasteiger partial charge in [0.1, 0.15) is 5.75 Å². The number of primary amides is 1. The van der Waals surface area contributed by atoms with Crippen LogP contribution in [0, 0.1) is 0 Å². The van der Waals surface area contributed by atoms with Crippen molar-refractivity contribution in [2.45, 2.75) is 44.1 Å². The van der Waals surface area contributed by atoms with E-state index >= 15 is 0 Å². The number of ether oxygens (including phenoxy) is 2. The highest BCUT2D eigenvalue weighted by atomic mass is 16.5. The van der Waals surface area contributed by atoms with Crippen LogP contribution in [0.1, 0.15) is 38.7 Å². The summed E-state index contributed by atoms with van der Waals surface area (Å²) in [4.78, 5) is 11.6. The van der Waals surface area contributed by atoms with Crippen LogP contribution in [-0.2, 0) is 14.9 Å². The lowest BCUT2D eigenvalue weighted by atomic mass is 9.67. The van der Waals surface area contributed by atoms with Crippen LogP contribution < -0.4 is 10.5 Å². The number of hydrogen-bond acceptors (Lipinski definition) is 3. The van der Waals surface area contributed by atoms with Gasteiger partial charge in [0.05, 0.1) is 12.7 Å². The van der Waals surface area contributed by atoms with Gasteiger partial charge in [0.25, 0.3) is 0 Å². The van der Waals surface area contributed by atoms with Gasteiger partial charge in [-0.15, -0.1) is 0 Å². The second kappa shape index (κ2) is 5.44. The first-order chi connectivity index (χ1) is 9.38. The highest BCUT2D eigenvalue weighted by molar-refractivity contribution is 5.76. The molecule has 1 aromatic rings. The molecular weight excluding hydrogens is 254 g/mol. The van der Waals surface area contributed by atoms with Crippen molar-refractivity contribution in [1.29, 1.82) is 0 Å². The van der Waals surface area contributed by atoms with Crippen molar-refractivity contribution in [1.82, 2.24) is 0 Å². The summed E-state index contributed by atoms with van der Waals surface area (Å²) in [5, 5.41) is 0. The summed E-state index contributed by atoms with van der Waals surface area (Å²) in [6.07, 6.45) is 1.85. The summed E-state index contributed by atoms with van der Waals surface area (Å²) >= 11 is 0. The molecule has 20 heavy (non-hydrogen) atoms. The van der Waals surface area contributed by atoms with E-state index in [1.54, 1.807) is 7.11 Å². The average molecular weight is 277 g/mol. The molecule has 110 valence electrons. The van der Waals surface area contributed by atoms with E-state index < -0.39 is 0 Å². The molecule has 1 heterocycles. The lowest BCUT2D eigenvalue weighted by Gasteiger charge is -2.45. The topological polar surface area (TPSA) is 61.5 Å². The van der Waals surface area contributed by atoms with Gasteiger partial charge >= 0.3 is 0 Å². The molecule has 0 saturated carbocycles. The van der Waals surface area contributed by atoms with Gasteiger partial charge < -0.3 is 15.2 Å². The summed E-state index contributed by atoms with van der Waals surface area (Å²) in [6, 6.07) is 7.87. The highest BCUT2D eigenvalue weighted by Gasteiger charge is 2.44. The summed E-state index contributed by atoms with van der Waals surface area (Å²) in [5.74, 6) is 0.528. The molecule has 4 nitrogen and oxygen atoms in total. The molecule has 1 aliphatic rings. The molecule has 1 saturated heterocycles. The second-order valence-corrected chi connectivity index (χ2v) is 6.16. The Labute approximate surface area is 120 Å². The molecule has 0 aromatic heterocycles. The van der Waals surface area contributed by atoms with E-state index in [-0.39, 0.29) is 16.9 Å². The Bertz CT molecular complexity index is 498. The normalized spacial score (nSPS) is 25.1. The molecule has 0 aliphatic carbocycles. The van der Waals surface area contributed by atoms with Gasteiger partial charge in [0.2, 0.25) is 5.91 Å². The Morgan fingerprint density at radius 1 is 1.40 bits per heavy atom. The van der Waals surface area contributed by atoms with E-state index in [9.17, 15) is 4.79 Å². The number of carbonyl (C=O) groups is 1. The van der Waals surface area contributed by atoms with Gasteiger partial charge in [-0.25, -0.2) is 0 Å². The number of nitrogens with two attached hydrogens (primary N) is 1. The first-order valence-electron chi connectivity index (χ1n) is 6.94. The number of carbonyl (C=O) groups excluding carboxylic acids is 1. The lowest BCUT2D eigenvalue weighted by molar-refractivity contribution is -0.123. The number of para-hydroxylation sites is 1. The van der Waals surface area contributed by atoms with Crippen molar-refractivity contribution >= 4 is 5.91 Å². The van der Waals surface area contributed by atoms with Crippen LogP contribution in [-0.4, -0.2) is 25.2 Å². The fraction of sp³-hybridized carbons (Fsp3) is 0.562. The number of benzene rings is 1. The predicted octanol–water partition coefficient (Wildman–Crippen LogP) is 2.40. The maximum Gasteiger partial charge on any atom is 0.218 e. The molecule has 1 atom stereocenters. The minimum absolute atomic E-state index is 0.269. The van der Waals surface area contributed by atoms with Gasteiger partial charge in [0, 0.05) is 24.0 Å². The van der Waals surface area contributed by atoms with Crippen LogP contribution in [0.3, 0.4) is 0 Å². The minimum Gasteiger partial charge on any atom is -0.496 e. The van der Waals surface area contributed by atoms with E-state index in [1.807, 2.05) is 24.3 Å². The van der Waals surface area contributed by atoms with Crippen LogP contribution in [0.15, 0.2) is 24.3 Å². The average Bonchev–Trinajstić information content (AvgIpc) is 2.36. The molecule has 1 aromatic carbocycles. The van der Waals surface area contributed by atoms with Gasteiger partial charge in [-0.2, -0.15) is 0 Å². The molecule has 2 N–H and O–H groups in total. The molecule has 1 fully saturated rings. The van der Waals surface area contributed by atoms with Crippen molar-refractivity contribution in [3.8, 4) is 5.75 Å². The zero-order valence-corrected chi connectivity index (χ0v) is 12.4. The maximum atomic E-state index is 11.6. The van der Waals surface area contributed by atoms with E-state index in [4.69, 9.17) is 15.2 Å². The third-order valence-electron chi connectivity index (χ3n) is 4.03. The van der Waals surface area contributed by atoms with Crippen LogP contribution in [0.2, 0.25) is 0 Å². The fourth-order valence-corrected chi connectivity index (χ4v) is 3.37. The minimum atomic E-state index is -0.305. The Kier molecular flexibility index (Phi) is 4.04. The van der Waals surface area contributed by atoms with Crippen molar-refractivity contribution in [3.63, 3.8) is 0 Å². The molecule has 4 heteroatoms. The second-order valence-electron chi connectivity index (χ2n) is 6.16. The predicted molar refractivity (Wildman–Crippen MR) is 77.7 cm³/mol. The van der Waals surface area contributed by atoms with Crippen molar-refractivity contribution in [2.75, 3.05) is 13.7 Å². The van der Waals surface area contributed by atoms with Crippen LogP contribution >= 0.6 is 0 Å². The first kappa shape index (κ1) is 14.9. The standard InChI is InChI=1S/C16H23NO3/c1-15(2)11-16(8-9-20-15,10-14(17)18)12-6-4-5-7-13(12)19-3/h4-7H,8-11H2,1-3H3,(H2,17,18). The zero-order valence-electron chi connectivity index (χ0n) is 12.4. The number of amides is 1. The third-order valence-corrected chi connectivity index (χ3v) is 4.03. The Morgan fingerprint density at radius 3 is 2.70 bits per heavy atom. The van der Waals surface area contributed by atoms with Crippen molar-refractivity contribution in [2.24, 2.45) is 5.73 Å². The number of methoxy groups -OCH3 is 1. The van der Waals surface area contributed by atoms with E-state index in [0.29, 0.717) is 13.0 Å². The largest absolute Gasteiger partial charge is 0.496 e. The molecule has 0 radical (unpaired) electrons. The number of hydrogen-bond donors (Lipinski definition) is 1. The van der Waals surface area contributed by atoms with Crippen molar-refractivity contribution in [3.05, 3.63) is 29.8 Å². The SMILES string of the molecule is COc1ccccc1C1(CC(N)=O)CCOC(C)(C)C1. The summed E-state index contributed by atoms with van der Waals surface area (Å²) in [6.45, 7) is 4.73. The Hall–Kier alpha value is -1.55. The smallest absolute Gasteiger partial charge is 0.218 e. The van der Waals surface area contributed by atoms with Gasteiger partial charge in [-0.3, -0.25) is 4.79 Å². The van der Waals surface area contributed by atoms with Crippen LogP contribution in [0.25, 0.3) is 0 Å². The monoisotopic (exact) mass is 277 g/mol. The molecule has 0 spiro atoms. The third kappa shape index (κ3) is 2.96. The van der Waals surface area contributed by atoms with Crippen LogP contribution in [0.4, 0.5) is 0 Å². The van der Waals surface area contributed by atoms with Gasteiger partial charge in [0.15, 0.2) is 0 Å². The molecule has 2 rings (SSSR count). The molecule has 1 aliphatic heterocycles. The Balaban J connectivity index is 2.49. The quantitative estimate of drug-likeness (QED) is 0.919.